The van der Waals surface area contributed by atoms with Gasteiger partial charge in [0.1, 0.15) is 11.2 Å². The van der Waals surface area contributed by atoms with Gasteiger partial charge in [-0.05, 0) is 43.9 Å². The van der Waals surface area contributed by atoms with E-state index < -0.39 is 5.41 Å². The third-order valence-electron chi connectivity index (χ3n) is 7.41. The zero-order chi connectivity index (χ0) is 23.3. The van der Waals surface area contributed by atoms with Gasteiger partial charge in [-0.15, -0.1) is 0 Å². The highest BCUT2D eigenvalue weighted by Gasteiger charge is 2.61. The molecule has 3 aliphatic rings. The van der Waals surface area contributed by atoms with Gasteiger partial charge >= 0.3 is 0 Å². The van der Waals surface area contributed by atoms with Crippen LogP contribution in [0.5, 0.6) is 0 Å². The van der Waals surface area contributed by atoms with Gasteiger partial charge in [0, 0.05) is 49.1 Å². The Kier molecular flexibility index (Phi) is 5.22. The minimum Gasteiger partial charge on any atom is -0.339 e. The third kappa shape index (κ3) is 3.33. The van der Waals surface area contributed by atoms with Gasteiger partial charge in [0.05, 0.1) is 12.7 Å². The first-order valence-electron chi connectivity index (χ1n) is 11.6. The predicted molar refractivity (Wildman–Crippen MR) is 123 cm³/mol. The van der Waals surface area contributed by atoms with Crippen LogP contribution in [0.3, 0.4) is 0 Å². The van der Waals surface area contributed by atoms with Gasteiger partial charge in [-0.2, -0.15) is 5.10 Å². The zero-order valence-electron chi connectivity index (χ0n) is 19.3. The van der Waals surface area contributed by atoms with Gasteiger partial charge in [-0.3, -0.25) is 14.3 Å². The van der Waals surface area contributed by atoms with E-state index in [-0.39, 0.29) is 30.1 Å². The van der Waals surface area contributed by atoms with E-state index in [1.165, 1.54) is 6.07 Å². The maximum atomic E-state index is 15.1. The van der Waals surface area contributed by atoms with E-state index in [9.17, 15) is 9.59 Å². The van der Waals surface area contributed by atoms with Crippen LogP contribution in [0.25, 0.3) is 11.1 Å². The van der Waals surface area contributed by atoms with Crippen molar-refractivity contribution in [2.24, 2.45) is 18.4 Å². The van der Waals surface area contributed by atoms with Crippen molar-refractivity contribution in [1.82, 2.24) is 19.6 Å². The van der Waals surface area contributed by atoms with Crippen LogP contribution in [0.4, 0.5) is 4.39 Å². The van der Waals surface area contributed by atoms with Crippen molar-refractivity contribution in [3.05, 3.63) is 65.4 Å². The van der Waals surface area contributed by atoms with Gasteiger partial charge < -0.3 is 9.80 Å². The van der Waals surface area contributed by atoms with Crippen molar-refractivity contribution in [1.29, 1.82) is 0 Å². The number of aromatic nitrogens is 2. The topological polar surface area (TPSA) is 58.4 Å². The normalized spacial score (nSPS) is 22.4. The van der Waals surface area contributed by atoms with Crippen LogP contribution in [-0.2, 0) is 23.2 Å². The Morgan fingerprint density at radius 3 is 2.52 bits per heavy atom. The zero-order valence-corrected chi connectivity index (χ0v) is 19.3. The molecule has 0 atom stereocenters. The smallest absolute Gasteiger partial charge is 0.241 e. The van der Waals surface area contributed by atoms with Crippen LogP contribution < -0.4 is 0 Å². The molecule has 7 heteroatoms. The summed E-state index contributed by atoms with van der Waals surface area (Å²) in [6, 6.07) is 5.10. The molecule has 3 fully saturated rings. The largest absolute Gasteiger partial charge is 0.339 e. The molecule has 1 spiro atoms. The molecule has 2 aromatic rings. The molecule has 0 unspecified atom stereocenters. The number of halogens is 1. The number of hydrogen-bond donors (Lipinski definition) is 0. The van der Waals surface area contributed by atoms with Crippen LogP contribution in [0.15, 0.2) is 54.0 Å². The highest BCUT2D eigenvalue weighted by Crippen LogP contribution is 2.51. The van der Waals surface area contributed by atoms with Crippen molar-refractivity contribution in [2.75, 3.05) is 13.1 Å². The lowest BCUT2D eigenvalue weighted by atomic mass is 9.72. The lowest BCUT2D eigenvalue weighted by Crippen LogP contribution is -2.63. The summed E-state index contributed by atoms with van der Waals surface area (Å²) in [6.45, 7) is 4.81. The van der Waals surface area contributed by atoms with Crippen LogP contribution in [0, 0.1) is 17.2 Å². The molecule has 172 valence electrons. The van der Waals surface area contributed by atoms with Gasteiger partial charge in [-0.1, -0.05) is 30.7 Å². The van der Waals surface area contributed by atoms with Gasteiger partial charge in [0.25, 0.3) is 0 Å². The standard InChI is InChI=1S/C26H29FN4O2/c1-4-21-23(5-2)31(25(33)26(21)15-30(16-26)24(32)17-7-6-8-17)14-19-10-9-18(11-22(19)27)20-12-28-29(3)13-20/h4-5,9-13,17H,6-8,14-16H2,1-3H3. The van der Waals surface area contributed by atoms with Gasteiger partial charge in [0.15, 0.2) is 0 Å². The molecular weight excluding hydrogens is 419 g/mol. The third-order valence-corrected chi connectivity index (χ3v) is 7.41. The van der Waals surface area contributed by atoms with Crippen molar-refractivity contribution in [3.63, 3.8) is 0 Å². The summed E-state index contributed by atoms with van der Waals surface area (Å²) in [7, 11) is 1.82. The average molecular weight is 449 g/mol. The highest BCUT2D eigenvalue weighted by molar-refractivity contribution is 5.97. The van der Waals surface area contributed by atoms with Crippen LogP contribution in [0.2, 0.25) is 0 Å². The quantitative estimate of drug-likeness (QED) is 0.709. The van der Waals surface area contributed by atoms with Crippen LogP contribution in [0.1, 0.15) is 38.7 Å². The van der Waals surface area contributed by atoms with E-state index in [0.717, 1.165) is 41.7 Å². The molecule has 0 radical (unpaired) electrons. The van der Waals surface area contributed by atoms with Crippen molar-refractivity contribution < 1.29 is 14.0 Å². The molecule has 2 saturated heterocycles. The van der Waals surface area contributed by atoms with E-state index in [1.807, 2.05) is 50.2 Å². The second kappa shape index (κ2) is 7.97. The number of hydrogen-bond acceptors (Lipinski definition) is 3. The number of amides is 2. The summed E-state index contributed by atoms with van der Waals surface area (Å²) in [5, 5.41) is 4.15. The second-order valence-electron chi connectivity index (χ2n) is 9.38. The molecule has 0 N–H and O–H groups in total. The summed E-state index contributed by atoms with van der Waals surface area (Å²) in [5.74, 6) is -0.0969. The molecule has 33 heavy (non-hydrogen) atoms. The molecule has 3 heterocycles. The Labute approximate surface area is 193 Å². The Morgan fingerprint density at radius 2 is 1.97 bits per heavy atom. The van der Waals surface area contributed by atoms with E-state index in [0.29, 0.717) is 18.7 Å². The number of rotatable bonds is 4. The van der Waals surface area contributed by atoms with Crippen LogP contribution >= 0.6 is 0 Å². The number of likely N-dealkylation sites (tertiary alicyclic amines) is 2. The lowest BCUT2D eigenvalue weighted by molar-refractivity contribution is -0.156. The Hall–Kier alpha value is -3.22. The molecule has 0 bridgehead atoms. The molecule has 5 rings (SSSR count). The minimum absolute atomic E-state index is 0.0444. The maximum absolute atomic E-state index is 15.1. The number of aryl methyl sites for hydroxylation is 1. The molecule has 6 nitrogen and oxygen atoms in total. The van der Waals surface area contributed by atoms with Crippen molar-refractivity contribution in [2.45, 2.75) is 39.7 Å². The molecule has 2 amide bonds. The van der Waals surface area contributed by atoms with E-state index >= 15 is 4.39 Å². The fourth-order valence-electron chi connectivity index (χ4n) is 5.34. The van der Waals surface area contributed by atoms with E-state index in [1.54, 1.807) is 21.8 Å². The predicted octanol–water partition coefficient (Wildman–Crippen LogP) is 4.05. The van der Waals surface area contributed by atoms with Gasteiger partial charge in [-0.25, -0.2) is 4.39 Å². The first-order valence-corrected chi connectivity index (χ1v) is 11.6. The summed E-state index contributed by atoms with van der Waals surface area (Å²) < 4.78 is 16.8. The molecular formula is C26H29FN4O2. The van der Waals surface area contributed by atoms with Gasteiger partial charge in [0.2, 0.25) is 11.8 Å². The monoisotopic (exact) mass is 448 g/mol. The fourth-order valence-corrected chi connectivity index (χ4v) is 5.34. The first kappa shape index (κ1) is 21.6. The summed E-state index contributed by atoms with van der Waals surface area (Å²) in [4.78, 5) is 29.8. The SMILES string of the molecule is CC=C1C(=CC)C2(CN(C(=O)C3CCC3)C2)C(=O)N1Cc1ccc(-c2cnn(C)c2)cc1F. The average Bonchev–Trinajstić information content (AvgIpc) is 3.26. The maximum Gasteiger partial charge on any atom is 0.241 e. The molecule has 1 aromatic carbocycles. The Bertz CT molecular complexity index is 1180. The van der Waals surface area contributed by atoms with Crippen LogP contribution in [-0.4, -0.2) is 44.5 Å². The number of carbonyl (C=O) groups is 2. The summed E-state index contributed by atoms with van der Waals surface area (Å²) >= 11 is 0. The highest BCUT2D eigenvalue weighted by atomic mass is 19.1. The Morgan fingerprint density at radius 1 is 1.21 bits per heavy atom. The molecule has 1 aliphatic carbocycles. The lowest BCUT2D eigenvalue weighted by Gasteiger charge is -2.48. The summed E-state index contributed by atoms with van der Waals surface area (Å²) in [5.41, 5.74) is 3.11. The molecule has 1 aromatic heterocycles. The number of nitrogens with zero attached hydrogens (tertiary/aromatic N) is 4. The van der Waals surface area contributed by atoms with Crippen molar-refractivity contribution >= 4 is 11.8 Å². The Balaban J connectivity index is 1.38. The van der Waals surface area contributed by atoms with E-state index in [2.05, 4.69) is 5.10 Å². The summed E-state index contributed by atoms with van der Waals surface area (Å²) in [6.07, 6.45) is 10.4. The number of benzene rings is 1. The first-order chi connectivity index (χ1) is 15.9. The molecule has 1 saturated carbocycles. The number of carbonyl (C=O) groups excluding carboxylic acids is 2. The van der Waals surface area contributed by atoms with E-state index in [4.69, 9.17) is 0 Å². The van der Waals surface area contributed by atoms with Crippen molar-refractivity contribution in [3.8, 4) is 11.1 Å². The fraction of sp³-hybridized carbons (Fsp3) is 0.423. The minimum atomic E-state index is -0.706. The number of allylic oxidation sites excluding steroid dienone is 3. The molecule has 2 aliphatic heterocycles. The second-order valence-corrected chi connectivity index (χ2v) is 9.38.